The normalized spacial score (nSPS) is 20.2. The number of amides is 1. The van der Waals surface area contributed by atoms with Crippen LogP contribution in [-0.2, 0) is 11.2 Å². The average molecular weight is 379 g/mol. The summed E-state index contributed by atoms with van der Waals surface area (Å²) in [6.07, 6.45) is 4.23. The molecule has 0 unspecified atom stereocenters. The third-order valence-electron chi connectivity index (χ3n) is 4.38. The van der Waals surface area contributed by atoms with Crippen molar-refractivity contribution in [3.8, 4) is 0 Å². The lowest BCUT2D eigenvalue weighted by Gasteiger charge is -2.37. The Kier molecular flexibility index (Phi) is 5.52. The zero-order valence-electron chi connectivity index (χ0n) is 14.6. The van der Waals surface area contributed by atoms with Gasteiger partial charge in [-0.15, -0.1) is 0 Å². The van der Waals surface area contributed by atoms with E-state index in [9.17, 15) is 9.59 Å². The zero-order valence-corrected chi connectivity index (χ0v) is 15.4. The van der Waals surface area contributed by atoms with E-state index in [2.05, 4.69) is 20.3 Å². The maximum Gasteiger partial charge on any atom is 0.347 e. The second-order valence-corrected chi connectivity index (χ2v) is 7.02. The lowest BCUT2D eigenvalue weighted by molar-refractivity contribution is 0.0538. The Labute approximate surface area is 154 Å². The fourth-order valence-corrected chi connectivity index (χ4v) is 3.68. The van der Waals surface area contributed by atoms with Gasteiger partial charge < -0.3 is 25.0 Å². The number of imidazole rings is 1. The van der Waals surface area contributed by atoms with E-state index in [1.54, 1.807) is 13.3 Å². The number of nitrogens with one attached hydrogen (secondary N) is 2. The van der Waals surface area contributed by atoms with Crippen LogP contribution in [0.25, 0.3) is 0 Å². The molecule has 9 nitrogen and oxygen atoms in total. The highest BCUT2D eigenvalue weighted by Crippen LogP contribution is 2.26. The van der Waals surface area contributed by atoms with Crippen LogP contribution in [0.3, 0.4) is 0 Å². The largest absolute Gasteiger partial charge is 0.477 e. The fourth-order valence-electron chi connectivity index (χ4n) is 2.90. The summed E-state index contributed by atoms with van der Waals surface area (Å²) >= 11 is 1.13. The van der Waals surface area contributed by atoms with Gasteiger partial charge in [-0.05, 0) is 12.8 Å². The van der Waals surface area contributed by atoms with E-state index in [1.165, 1.54) is 6.20 Å². The number of rotatable bonds is 6. The minimum atomic E-state index is -0.982. The Bertz CT molecular complexity index is 789. The number of aryl methyl sites for hydroxylation is 1. The smallest absolute Gasteiger partial charge is 0.347 e. The van der Waals surface area contributed by atoms with Gasteiger partial charge in [-0.25, -0.2) is 14.8 Å². The molecule has 1 fully saturated rings. The van der Waals surface area contributed by atoms with Crippen molar-refractivity contribution in [1.82, 2.24) is 20.3 Å². The summed E-state index contributed by atoms with van der Waals surface area (Å²) in [5.74, 6) is -0.943. The number of carbonyl (C=O) groups excluding carboxylic acids is 1. The van der Waals surface area contributed by atoms with Gasteiger partial charge >= 0.3 is 5.97 Å². The number of nitrogens with zero attached hydrogens (tertiary/aromatic N) is 3. The molecule has 26 heavy (non-hydrogen) atoms. The van der Waals surface area contributed by atoms with E-state index in [0.717, 1.165) is 23.5 Å². The number of carboxylic acids is 1. The quantitative estimate of drug-likeness (QED) is 0.688. The lowest BCUT2D eigenvalue weighted by atomic mass is 10.0. The van der Waals surface area contributed by atoms with Gasteiger partial charge in [0.25, 0.3) is 5.91 Å². The number of aromatic amines is 1. The maximum absolute atomic E-state index is 12.4. The molecule has 2 aromatic rings. The van der Waals surface area contributed by atoms with Crippen molar-refractivity contribution in [2.45, 2.75) is 31.9 Å². The van der Waals surface area contributed by atoms with Gasteiger partial charge in [0, 0.05) is 32.1 Å². The first-order valence-corrected chi connectivity index (χ1v) is 9.15. The number of hydrogen-bond acceptors (Lipinski definition) is 7. The van der Waals surface area contributed by atoms with Gasteiger partial charge in [0.2, 0.25) is 0 Å². The number of H-pyrrole nitrogens is 1. The SMILES string of the molecule is CCc1cnc(C(=O)N[C@@H]2CCN(c3ncc(C(=O)O)s3)C[C@@H]2OC)[nH]1. The highest BCUT2D eigenvalue weighted by Gasteiger charge is 2.32. The molecule has 0 saturated carbocycles. The molecule has 1 aliphatic heterocycles. The third-order valence-corrected chi connectivity index (χ3v) is 5.42. The minimum Gasteiger partial charge on any atom is -0.477 e. The van der Waals surface area contributed by atoms with E-state index < -0.39 is 5.97 Å². The highest BCUT2D eigenvalue weighted by atomic mass is 32.1. The molecule has 0 radical (unpaired) electrons. The predicted octanol–water partition coefficient (Wildman–Crippen LogP) is 1.15. The second kappa shape index (κ2) is 7.83. The molecule has 0 bridgehead atoms. The van der Waals surface area contributed by atoms with Crippen LogP contribution in [0.1, 0.15) is 39.3 Å². The first kappa shape index (κ1) is 18.3. The van der Waals surface area contributed by atoms with Crippen LogP contribution in [0.4, 0.5) is 5.13 Å². The van der Waals surface area contributed by atoms with Crippen LogP contribution in [0, 0.1) is 0 Å². The summed E-state index contributed by atoms with van der Waals surface area (Å²) in [7, 11) is 1.60. The van der Waals surface area contributed by atoms with Crippen molar-refractivity contribution >= 4 is 28.3 Å². The number of carbonyl (C=O) groups is 2. The zero-order chi connectivity index (χ0) is 18.7. The second-order valence-electron chi connectivity index (χ2n) is 6.01. The molecule has 2 atom stereocenters. The van der Waals surface area contributed by atoms with Gasteiger partial charge in [-0.3, -0.25) is 4.79 Å². The molecule has 0 spiro atoms. The molecule has 3 rings (SSSR count). The monoisotopic (exact) mass is 379 g/mol. The van der Waals surface area contributed by atoms with Gasteiger partial charge in [-0.1, -0.05) is 18.3 Å². The Hall–Kier alpha value is -2.46. The molecular formula is C16H21N5O4S. The van der Waals surface area contributed by atoms with Crippen LogP contribution in [0.5, 0.6) is 0 Å². The Morgan fingerprint density at radius 3 is 2.88 bits per heavy atom. The number of ether oxygens (including phenoxy) is 1. The van der Waals surface area contributed by atoms with Crippen LogP contribution in [-0.4, -0.2) is 64.3 Å². The number of carboxylic acid groups (broad SMARTS) is 1. The van der Waals surface area contributed by atoms with E-state index >= 15 is 0 Å². The van der Waals surface area contributed by atoms with E-state index in [1.807, 2.05) is 11.8 Å². The molecule has 1 amide bonds. The summed E-state index contributed by atoms with van der Waals surface area (Å²) in [6, 6.07) is -0.155. The number of hydrogen-bond donors (Lipinski definition) is 3. The van der Waals surface area contributed by atoms with Crippen LogP contribution < -0.4 is 10.2 Å². The van der Waals surface area contributed by atoms with Crippen LogP contribution in [0.15, 0.2) is 12.4 Å². The van der Waals surface area contributed by atoms with E-state index in [4.69, 9.17) is 9.84 Å². The molecule has 10 heteroatoms. The van der Waals surface area contributed by atoms with Crippen molar-refractivity contribution in [1.29, 1.82) is 0 Å². The van der Waals surface area contributed by atoms with Gasteiger partial charge in [-0.2, -0.15) is 0 Å². The molecule has 0 aromatic carbocycles. The Morgan fingerprint density at radius 1 is 1.46 bits per heavy atom. The molecule has 3 N–H and O–H groups in total. The first-order chi connectivity index (χ1) is 12.5. The Morgan fingerprint density at radius 2 is 2.27 bits per heavy atom. The number of methoxy groups -OCH3 is 1. The number of anilines is 1. The molecule has 0 aliphatic carbocycles. The standard InChI is InChI=1S/C16H21N5O4S/c1-3-9-6-17-13(19-9)14(22)20-10-4-5-21(8-11(10)25-2)16-18-7-12(26-16)15(23)24/h6-7,10-11H,3-5,8H2,1-2H3,(H,17,19)(H,20,22)(H,23,24)/t10-,11+/m1/s1. The van der Waals surface area contributed by atoms with Crippen LogP contribution in [0.2, 0.25) is 0 Å². The average Bonchev–Trinajstić information content (AvgIpc) is 3.31. The van der Waals surface area contributed by atoms with Crippen molar-refractivity contribution in [2.75, 3.05) is 25.1 Å². The molecule has 3 heterocycles. The fraction of sp³-hybridized carbons (Fsp3) is 0.500. The maximum atomic E-state index is 12.4. The molecule has 140 valence electrons. The van der Waals surface area contributed by atoms with Gasteiger partial charge in [0.05, 0.1) is 18.3 Å². The molecule has 2 aromatic heterocycles. The molecule has 1 aliphatic rings. The summed E-state index contributed by atoms with van der Waals surface area (Å²) in [6.45, 7) is 3.16. The number of piperidine rings is 1. The number of aromatic carboxylic acids is 1. The number of aromatic nitrogens is 3. The summed E-state index contributed by atoms with van der Waals surface area (Å²) in [4.78, 5) is 36.9. The summed E-state index contributed by atoms with van der Waals surface area (Å²) < 4.78 is 5.55. The van der Waals surface area contributed by atoms with Crippen molar-refractivity contribution in [3.63, 3.8) is 0 Å². The van der Waals surface area contributed by atoms with Crippen molar-refractivity contribution in [2.24, 2.45) is 0 Å². The topological polar surface area (TPSA) is 120 Å². The van der Waals surface area contributed by atoms with Crippen molar-refractivity contribution in [3.05, 3.63) is 28.8 Å². The third kappa shape index (κ3) is 3.86. The Balaban J connectivity index is 1.63. The van der Waals surface area contributed by atoms with Crippen LogP contribution >= 0.6 is 11.3 Å². The molecular weight excluding hydrogens is 358 g/mol. The summed E-state index contributed by atoms with van der Waals surface area (Å²) in [5, 5.41) is 12.7. The first-order valence-electron chi connectivity index (χ1n) is 8.33. The summed E-state index contributed by atoms with van der Waals surface area (Å²) in [5.41, 5.74) is 0.909. The van der Waals surface area contributed by atoms with Crippen molar-refractivity contribution < 1.29 is 19.4 Å². The van der Waals surface area contributed by atoms with Gasteiger partial charge in [0.15, 0.2) is 11.0 Å². The predicted molar refractivity (Wildman–Crippen MR) is 95.9 cm³/mol. The molecule has 1 saturated heterocycles. The van der Waals surface area contributed by atoms with E-state index in [0.29, 0.717) is 30.5 Å². The lowest BCUT2D eigenvalue weighted by Crippen LogP contribution is -2.55. The minimum absolute atomic E-state index is 0.155. The highest BCUT2D eigenvalue weighted by molar-refractivity contribution is 7.17. The van der Waals surface area contributed by atoms with E-state index in [-0.39, 0.29) is 22.9 Å². The number of thiazole rings is 1. The van der Waals surface area contributed by atoms with Gasteiger partial charge in [0.1, 0.15) is 4.88 Å².